The Morgan fingerprint density at radius 2 is 1.76 bits per heavy atom. The van der Waals surface area contributed by atoms with Gasteiger partial charge in [0, 0.05) is 45.2 Å². The van der Waals surface area contributed by atoms with Crippen LogP contribution in [0.15, 0.2) is 54.7 Å². The molecule has 1 atom stereocenters. The average Bonchev–Trinajstić information content (AvgIpc) is 2.96. The number of aromatic nitrogens is 1. The Morgan fingerprint density at radius 3 is 2.48 bits per heavy atom. The van der Waals surface area contributed by atoms with Crippen LogP contribution in [0.2, 0.25) is 0 Å². The van der Waals surface area contributed by atoms with Gasteiger partial charge >= 0.3 is 0 Å². The van der Waals surface area contributed by atoms with E-state index in [9.17, 15) is 9.59 Å². The lowest BCUT2D eigenvalue weighted by Crippen LogP contribution is -2.63. The average molecular weight is 393 g/mol. The summed E-state index contributed by atoms with van der Waals surface area (Å²) in [5, 5.41) is 3.12. The molecule has 0 spiro atoms. The fourth-order valence-corrected chi connectivity index (χ4v) is 4.40. The molecule has 1 aromatic carbocycles. The molecule has 2 aromatic rings. The smallest absolute Gasteiger partial charge is 0.248 e. The number of carbonyl (C=O) groups excluding carboxylic acids is 2. The molecule has 6 heteroatoms. The normalized spacial score (nSPS) is 22.7. The van der Waals surface area contributed by atoms with Crippen molar-refractivity contribution >= 4 is 17.6 Å². The summed E-state index contributed by atoms with van der Waals surface area (Å²) in [7, 11) is 0. The summed E-state index contributed by atoms with van der Waals surface area (Å²) in [5.41, 5.74) is 0.234. The van der Waals surface area contributed by atoms with Crippen LogP contribution in [0.25, 0.3) is 0 Å². The molecule has 1 aromatic heterocycles. The van der Waals surface area contributed by atoms with Gasteiger partial charge in [-0.3, -0.25) is 9.59 Å². The molecule has 1 unspecified atom stereocenters. The predicted octanol–water partition coefficient (Wildman–Crippen LogP) is 2.40. The summed E-state index contributed by atoms with van der Waals surface area (Å²) < 4.78 is 0. The lowest BCUT2D eigenvalue weighted by atomic mass is 9.84. The van der Waals surface area contributed by atoms with E-state index in [4.69, 9.17) is 0 Å². The number of anilines is 1. The fraction of sp³-hybridized carbons (Fsp3) is 0.435. The minimum Gasteiger partial charge on any atom is -0.353 e. The molecule has 0 bridgehead atoms. The standard InChI is InChI=1S/C23H28N4O2/c28-21-11-4-6-12-23(25-21,18-19-8-2-1-3-9-19)22(29)27-16-14-26(15-17-27)20-10-5-7-13-24-20/h1-3,5,7-10,13H,4,6,11-12,14-18H2,(H,25,28). The minimum absolute atomic E-state index is 0.0149. The van der Waals surface area contributed by atoms with Gasteiger partial charge in [0.05, 0.1) is 0 Å². The Morgan fingerprint density at radius 1 is 1.00 bits per heavy atom. The maximum absolute atomic E-state index is 13.7. The van der Waals surface area contributed by atoms with Crippen LogP contribution in [0.5, 0.6) is 0 Å². The minimum atomic E-state index is -0.845. The number of amides is 2. The van der Waals surface area contributed by atoms with Crippen molar-refractivity contribution in [3.8, 4) is 0 Å². The van der Waals surface area contributed by atoms with Crippen molar-refractivity contribution in [3.63, 3.8) is 0 Å². The Kier molecular flexibility index (Phi) is 5.79. The molecule has 4 rings (SSSR count). The molecule has 0 saturated carbocycles. The van der Waals surface area contributed by atoms with Gasteiger partial charge in [0.1, 0.15) is 11.4 Å². The number of rotatable bonds is 4. The third-order valence-corrected chi connectivity index (χ3v) is 5.93. The summed E-state index contributed by atoms with van der Waals surface area (Å²) in [6.45, 7) is 2.78. The highest BCUT2D eigenvalue weighted by atomic mass is 16.2. The highest BCUT2D eigenvalue weighted by molar-refractivity contribution is 5.92. The van der Waals surface area contributed by atoms with Crippen LogP contribution in [-0.2, 0) is 16.0 Å². The number of nitrogens with one attached hydrogen (secondary N) is 1. The molecule has 2 amide bonds. The zero-order chi connectivity index (χ0) is 20.1. The van der Waals surface area contributed by atoms with Gasteiger partial charge in [-0.2, -0.15) is 0 Å². The van der Waals surface area contributed by atoms with Crippen molar-refractivity contribution < 1.29 is 9.59 Å². The van der Waals surface area contributed by atoms with Crippen molar-refractivity contribution in [1.29, 1.82) is 0 Å². The van der Waals surface area contributed by atoms with Crippen molar-refractivity contribution in [3.05, 3.63) is 60.3 Å². The first-order valence-corrected chi connectivity index (χ1v) is 10.5. The number of hydrogen-bond acceptors (Lipinski definition) is 4. The van der Waals surface area contributed by atoms with Gasteiger partial charge in [0.25, 0.3) is 0 Å². The van der Waals surface area contributed by atoms with E-state index in [-0.39, 0.29) is 11.8 Å². The number of benzene rings is 1. The molecule has 1 N–H and O–H groups in total. The molecule has 2 aliphatic heterocycles. The summed E-state index contributed by atoms with van der Waals surface area (Å²) in [6, 6.07) is 15.9. The van der Waals surface area contributed by atoms with Gasteiger partial charge in [-0.15, -0.1) is 0 Å². The van der Waals surface area contributed by atoms with E-state index in [0.29, 0.717) is 32.4 Å². The first-order chi connectivity index (χ1) is 14.2. The third kappa shape index (κ3) is 4.42. The van der Waals surface area contributed by atoms with Gasteiger partial charge in [0.15, 0.2) is 0 Å². The van der Waals surface area contributed by atoms with Crippen LogP contribution < -0.4 is 10.2 Å². The van der Waals surface area contributed by atoms with E-state index >= 15 is 0 Å². The quantitative estimate of drug-likeness (QED) is 0.868. The number of hydrogen-bond donors (Lipinski definition) is 1. The molecule has 0 aliphatic carbocycles. The lowest BCUT2D eigenvalue weighted by Gasteiger charge is -2.41. The second-order valence-electron chi connectivity index (χ2n) is 7.97. The summed E-state index contributed by atoms with van der Waals surface area (Å²) >= 11 is 0. The zero-order valence-corrected chi connectivity index (χ0v) is 16.7. The highest BCUT2D eigenvalue weighted by Crippen LogP contribution is 2.27. The van der Waals surface area contributed by atoms with E-state index in [1.807, 2.05) is 53.4 Å². The van der Waals surface area contributed by atoms with E-state index in [2.05, 4.69) is 15.2 Å². The second kappa shape index (κ2) is 8.64. The Bertz CT molecular complexity index is 834. The van der Waals surface area contributed by atoms with Gasteiger partial charge in [-0.05, 0) is 30.5 Å². The van der Waals surface area contributed by atoms with Crippen LogP contribution in [0, 0.1) is 0 Å². The van der Waals surface area contributed by atoms with Crippen molar-refractivity contribution in [2.75, 3.05) is 31.1 Å². The van der Waals surface area contributed by atoms with Gasteiger partial charge in [-0.25, -0.2) is 4.98 Å². The molecule has 29 heavy (non-hydrogen) atoms. The van der Waals surface area contributed by atoms with Crippen LogP contribution in [0.3, 0.4) is 0 Å². The van der Waals surface area contributed by atoms with Crippen LogP contribution in [0.4, 0.5) is 5.82 Å². The zero-order valence-electron chi connectivity index (χ0n) is 16.7. The first kappa shape index (κ1) is 19.4. The van der Waals surface area contributed by atoms with Gasteiger partial charge < -0.3 is 15.1 Å². The molecule has 2 aliphatic rings. The third-order valence-electron chi connectivity index (χ3n) is 5.93. The van der Waals surface area contributed by atoms with E-state index < -0.39 is 5.54 Å². The van der Waals surface area contributed by atoms with Crippen LogP contribution in [-0.4, -0.2) is 53.4 Å². The SMILES string of the molecule is O=C1CCCCC(Cc2ccccc2)(C(=O)N2CCN(c3ccccn3)CC2)N1. The van der Waals surface area contributed by atoms with E-state index in [0.717, 1.165) is 37.3 Å². The molecule has 6 nitrogen and oxygen atoms in total. The number of pyridine rings is 1. The van der Waals surface area contributed by atoms with Crippen LogP contribution >= 0.6 is 0 Å². The summed E-state index contributed by atoms with van der Waals surface area (Å²) in [4.78, 5) is 34.7. The number of nitrogens with zero attached hydrogens (tertiary/aromatic N) is 3. The number of carbonyl (C=O) groups is 2. The predicted molar refractivity (Wildman–Crippen MR) is 113 cm³/mol. The molecule has 2 saturated heterocycles. The Hall–Kier alpha value is -2.89. The largest absolute Gasteiger partial charge is 0.353 e. The Labute approximate surface area is 171 Å². The summed E-state index contributed by atoms with van der Waals surface area (Å²) in [6.07, 6.45) is 5.24. The van der Waals surface area contributed by atoms with Crippen LogP contribution in [0.1, 0.15) is 31.2 Å². The van der Waals surface area contributed by atoms with Crippen molar-refractivity contribution in [1.82, 2.24) is 15.2 Å². The molecule has 0 radical (unpaired) electrons. The monoisotopic (exact) mass is 392 g/mol. The van der Waals surface area contributed by atoms with Crippen molar-refractivity contribution in [2.45, 2.75) is 37.6 Å². The molecular weight excluding hydrogens is 364 g/mol. The Balaban J connectivity index is 1.51. The van der Waals surface area contributed by atoms with Crippen molar-refractivity contribution in [2.24, 2.45) is 0 Å². The first-order valence-electron chi connectivity index (χ1n) is 10.5. The maximum atomic E-state index is 13.7. The van der Waals surface area contributed by atoms with E-state index in [1.165, 1.54) is 0 Å². The molecule has 3 heterocycles. The molecular formula is C23H28N4O2. The topological polar surface area (TPSA) is 65.5 Å². The second-order valence-corrected chi connectivity index (χ2v) is 7.97. The van der Waals surface area contributed by atoms with E-state index in [1.54, 1.807) is 6.20 Å². The molecule has 2 fully saturated rings. The van der Waals surface area contributed by atoms with Gasteiger partial charge in [-0.1, -0.05) is 42.8 Å². The highest BCUT2D eigenvalue weighted by Gasteiger charge is 2.43. The maximum Gasteiger partial charge on any atom is 0.248 e. The lowest BCUT2D eigenvalue weighted by molar-refractivity contribution is -0.142. The van der Waals surface area contributed by atoms with Gasteiger partial charge in [0.2, 0.25) is 11.8 Å². The fourth-order valence-electron chi connectivity index (χ4n) is 4.40. The number of piperazine rings is 1. The molecule has 152 valence electrons. The summed E-state index contributed by atoms with van der Waals surface area (Å²) in [5.74, 6) is 0.984.